The van der Waals surface area contributed by atoms with Crippen molar-refractivity contribution < 1.29 is 27.4 Å². The highest BCUT2D eigenvalue weighted by Gasteiger charge is 2.32. The molecule has 1 rings (SSSR count). The molecule has 0 aliphatic rings. The predicted octanol–water partition coefficient (Wildman–Crippen LogP) is 3.04. The first-order chi connectivity index (χ1) is 8.76. The second-order valence-electron chi connectivity index (χ2n) is 3.31. The lowest BCUT2D eigenvalue weighted by molar-refractivity contribution is -0.275. The number of halogens is 5. The third-order valence-corrected chi connectivity index (χ3v) is 3.36. The van der Waals surface area contributed by atoms with E-state index in [9.17, 15) is 18.0 Å². The van der Waals surface area contributed by atoms with Crippen LogP contribution in [0, 0.1) is 3.57 Å². The van der Waals surface area contributed by atoms with Gasteiger partial charge in [0.2, 0.25) is 0 Å². The number of alkyl halides is 4. The molecule has 0 aliphatic carbocycles. The van der Waals surface area contributed by atoms with Crippen molar-refractivity contribution in [1.29, 1.82) is 0 Å². The number of methoxy groups -OCH3 is 1. The number of aromatic nitrogens is 1. The van der Waals surface area contributed by atoms with Gasteiger partial charge in [-0.15, -0.1) is 24.8 Å². The Morgan fingerprint density at radius 2 is 2.16 bits per heavy atom. The van der Waals surface area contributed by atoms with Gasteiger partial charge in [0.15, 0.2) is 0 Å². The van der Waals surface area contributed by atoms with Crippen molar-refractivity contribution >= 4 is 40.2 Å². The minimum absolute atomic E-state index is 0.0957. The highest BCUT2D eigenvalue weighted by atomic mass is 127. The summed E-state index contributed by atoms with van der Waals surface area (Å²) in [6.45, 7) is 0. The molecule has 0 aliphatic heterocycles. The molecule has 0 saturated carbocycles. The largest absolute Gasteiger partial charge is 0.573 e. The van der Waals surface area contributed by atoms with E-state index < -0.39 is 18.1 Å². The smallest absolute Gasteiger partial charge is 0.469 e. The number of hydrogen-bond acceptors (Lipinski definition) is 4. The first-order valence-corrected chi connectivity index (χ1v) is 6.45. The molecule has 1 aromatic rings. The predicted molar refractivity (Wildman–Crippen MR) is 68.9 cm³/mol. The number of esters is 1. The quantitative estimate of drug-likeness (QED) is 0.436. The fraction of sp³-hybridized carbons (Fsp3) is 0.400. The van der Waals surface area contributed by atoms with Crippen LogP contribution in [0.4, 0.5) is 13.2 Å². The van der Waals surface area contributed by atoms with Gasteiger partial charge >= 0.3 is 12.3 Å². The van der Waals surface area contributed by atoms with Gasteiger partial charge in [-0.1, -0.05) is 0 Å². The normalized spacial score (nSPS) is 11.3. The highest BCUT2D eigenvalue weighted by Crippen LogP contribution is 2.30. The van der Waals surface area contributed by atoms with Crippen LogP contribution in [0.1, 0.15) is 11.4 Å². The molecule has 0 unspecified atom stereocenters. The summed E-state index contributed by atoms with van der Waals surface area (Å²) in [5.41, 5.74) is 0.310. The highest BCUT2D eigenvalue weighted by molar-refractivity contribution is 14.1. The lowest BCUT2D eigenvalue weighted by Crippen LogP contribution is -2.19. The fourth-order valence-electron chi connectivity index (χ4n) is 1.21. The van der Waals surface area contributed by atoms with Crippen LogP contribution in [0.25, 0.3) is 0 Å². The van der Waals surface area contributed by atoms with Gasteiger partial charge in [-0.2, -0.15) is 0 Å². The number of carbonyl (C=O) groups is 1. The first-order valence-electron chi connectivity index (χ1n) is 4.83. The van der Waals surface area contributed by atoms with Gasteiger partial charge in [0, 0.05) is 6.07 Å². The SMILES string of the molecule is COC(=O)Cc1cc(OC(F)(F)F)c(I)c(CCl)n1. The number of rotatable bonds is 4. The van der Waals surface area contributed by atoms with E-state index in [2.05, 4.69) is 14.5 Å². The molecule has 1 heterocycles. The minimum atomic E-state index is -4.83. The molecular weight excluding hydrogens is 401 g/mol. The monoisotopic (exact) mass is 409 g/mol. The lowest BCUT2D eigenvalue weighted by atomic mass is 10.2. The number of nitrogens with zero attached hydrogens (tertiary/aromatic N) is 1. The summed E-state index contributed by atoms with van der Waals surface area (Å²) in [5, 5.41) is 0. The Bertz CT molecular complexity index is 482. The van der Waals surface area contributed by atoms with Crippen molar-refractivity contribution in [3.63, 3.8) is 0 Å². The summed E-state index contributed by atoms with van der Waals surface area (Å²) in [4.78, 5) is 15.1. The topological polar surface area (TPSA) is 48.4 Å². The van der Waals surface area contributed by atoms with E-state index in [0.717, 1.165) is 6.07 Å². The number of hydrogen-bond donors (Lipinski definition) is 0. The van der Waals surface area contributed by atoms with E-state index in [1.165, 1.54) is 7.11 Å². The molecular formula is C10H8ClF3INO3. The minimum Gasteiger partial charge on any atom is -0.469 e. The van der Waals surface area contributed by atoms with Crippen LogP contribution in [0.2, 0.25) is 0 Å². The molecule has 1 aromatic heterocycles. The van der Waals surface area contributed by atoms with Gasteiger partial charge in [0.1, 0.15) is 5.75 Å². The molecule has 9 heteroatoms. The molecule has 4 nitrogen and oxygen atoms in total. The summed E-state index contributed by atoms with van der Waals surface area (Å²) in [7, 11) is 1.17. The summed E-state index contributed by atoms with van der Waals surface area (Å²) >= 11 is 7.25. The van der Waals surface area contributed by atoms with Crippen LogP contribution >= 0.6 is 34.2 Å². The van der Waals surface area contributed by atoms with Crippen LogP contribution < -0.4 is 4.74 Å². The van der Waals surface area contributed by atoms with Crippen LogP contribution in [0.15, 0.2) is 6.07 Å². The Morgan fingerprint density at radius 3 is 2.63 bits per heavy atom. The van der Waals surface area contributed by atoms with Gasteiger partial charge < -0.3 is 9.47 Å². The standard InChI is InChI=1S/C10H8ClF3INO3/c1-18-8(17)3-5-2-7(19-10(12,13)14)9(15)6(4-11)16-5/h2H,3-4H2,1H3. The Labute approximate surface area is 125 Å². The van der Waals surface area contributed by atoms with E-state index in [0.29, 0.717) is 0 Å². The summed E-state index contributed by atoms with van der Waals surface area (Å²) in [6.07, 6.45) is -5.08. The summed E-state index contributed by atoms with van der Waals surface area (Å²) in [6, 6.07) is 1.04. The Kier molecular flexibility index (Phi) is 5.65. The Balaban J connectivity index is 3.14. The maximum absolute atomic E-state index is 12.2. The fourth-order valence-corrected chi connectivity index (χ4v) is 2.21. The third kappa shape index (κ3) is 5.01. The van der Waals surface area contributed by atoms with E-state index in [4.69, 9.17) is 11.6 Å². The Hall–Kier alpha value is -0.770. The molecule has 0 radical (unpaired) electrons. The van der Waals surface area contributed by atoms with E-state index in [1.54, 1.807) is 22.6 Å². The van der Waals surface area contributed by atoms with Gasteiger partial charge in [-0.3, -0.25) is 9.78 Å². The molecule has 19 heavy (non-hydrogen) atoms. The average molecular weight is 410 g/mol. The first kappa shape index (κ1) is 16.3. The van der Waals surface area contributed by atoms with Crippen molar-refractivity contribution in [3.05, 3.63) is 21.0 Å². The molecule has 0 amide bonds. The van der Waals surface area contributed by atoms with Crippen LogP contribution in [0.3, 0.4) is 0 Å². The number of ether oxygens (including phenoxy) is 2. The zero-order valence-corrected chi connectivity index (χ0v) is 12.5. The van der Waals surface area contributed by atoms with Crippen molar-refractivity contribution in [2.75, 3.05) is 7.11 Å². The molecule has 106 valence electrons. The maximum atomic E-state index is 12.2. The second-order valence-corrected chi connectivity index (χ2v) is 4.65. The zero-order valence-electron chi connectivity index (χ0n) is 9.55. The van der Waals surface area contributed by atoms with Crippen molar-refractivity contribution in [3.8, 4) is 5.75 Å². The zero-order chi connectivity index (χ0) is 14.6. The second kappa shape index (κ2) is 6.60. The molecule has 0 aromatic carbocycles. The maximum Gasteiger partial charge on any atom is 0.573 e. The molecule has 0 bridgehead atoms. The number of carbonyl (C=O) groups excluding carboxylic acids is 1. The van der Waals surface area contributed by atoms with Gasteiger partial charge in [-0.05, 0) is 22.6 Å². The molecule has 0 N–H and O–H groups in total. The van der Waals surface area contributed by atoms with Crippen LogP contribution in [-0.2, 0) is 21.8 Å². The van der Waals surface area contributed by atoms with Crippen molar-refractivity contribution in [2.45, 2.75) is 18.7 Å². The third-order valence-electron chi connectivity index (χ3n) is 1.95. The summed E-state index contributed by atoms with van der Waals surface area (Å²) < 4.78 is 45.2. The van der Waals surface area contributed by atoms with Gasteiger partial charge in [0.05, 0.1) is 34.4 Å². The van der Waals surface area contributed by atoms with E-state index in [1.807, 2.05) is 0 Å². The average Bonchev–Trinajstić information content (AvgIpc) is 2.31. The van der Waals surface area contributed by atoms with Gasteiger partial charge in [0.25, 0.3) is 0 Å². The lowest BCUT2D eigenvalue weighted by Gasteiger charge is -2.13. The van der Waals surface area contributed by atoms with Crippen LogP contribution in [0.5, 0.6) is 5.75 Å². The Morgan fingerprint density at radius 1 is 1.53 bits per heavy atom. The van der Waals surface area contributed by atoms with E-state index >= 15 is 0 Å². The summed E-state index contributed by atoms with van der Waals surface area (Å²) in [5.74, 6) is -1.15. The van der Waals surface area contributed by atoms with Gasteiger partial charge in [-0.25, -0.2) is 0 Å². The molecule has 0 saturated heterocycles. The molecule has 0 atom stereocenters. The van der Waals surface area contributed by atoms with Crippen LogP contribution in [-0.4, -0.2) is 24.4 Å². The van der Waals surface area contributed by atoms with E-state index in [-0.39, 0.29) is 27.3 Å². The number of pyridine rings is 1. The molecule has 0 spiro atoms. The van der Waals surface area contributed by atoms with Crippen molar-refractivity contribution in [2.24, 2.45) is 0 Å². The van der Waals surface area contributed by atoms with Crippen molar-refractivity contribution in [1.82, 2.24) is 4.98 Å². The molecule has 0 fully saturated rings.